The van der Waals surface area contributed by atoms with Gasteiger partial charge in [0.25, 0.3) is 0 Å². The molecular formula is C25H29N3OS. The summed E-state index contributed by atoms with van der Waals surface area (Å²) in [6.07, 6.45) is 5.35. The Kier molecular flexibility index (Phi) is 7.27. The number of pyridine rings is 1. The summed E-state index contributed by atoms with van der Waals surface area (Å²) in [5.41, 5.74) is 3.54. The van der Waals surface area contributed by atoms with Gasteiger partial charge in [-0.2, -0.15) is 11.3 Å². The maximum absolute atomic E-state index is 12.8. The predicted molar refractivity (Wildman–Crippen MR) is 122 cm³/mol. The smallest absolute Gasteiger partial charge is 0.220 e. The monoisotopic (exact) mass is 419 g/mol. The Morgan fingerprint density at radius 3 is 2.77 bits per heavy atom. The molecule has 156 valence electrons. The number of nitrogens with zero attached hydrogens (tertiary/aromatic N) is 2. The van der Waals surface area contributed by atoms with Crippen LogP contribution < -0.4 is 5.32 Å². The molecule has 4 rings (SSSR count). The molecular weight excluding hydrogens is 390 g/mol. The zero-order valence-electron chi connectivity index (χ0n) is 17.2. The van der Waals surface area contributed by atoms with Crippen LogP contribution in [0.3, 0.4) is 0 Å². The molecule has 4 nitrogen and oxygen atoms in total. The number of thiophene rings is 1. The van der Waals surface area contributed by atoms with Crippen molar-refractivity contribution in [3.05, 3.63) is 88.4 Å². The van der Waals surface area contributed by atoms with Crippen molar-refractivity contribution >= 4 is 17.2 Å². The molecule has 3 heterocycles. The van der Waals surface area contributed by atoms with Gasteiger partial charge < -0.3 is 5.32 Å². The van der Waals surface area contributed by atoms with Gasteiger partial charge in [0, 0.05) is 25.7 Å². The van der Waals surface area contributed by atoms with Crippen LogP contribution in [0.15, 0.2) is 71.6 Å². The molecule has 0 radical (unpaired) electrons. The van der Waals surface area contributed by atoms with Crippen molar-refractivity contribution in [3.8, 4) is 0 Å². The number of nitrogens with one attached hydrogen (secondary N) is 1. The van der Waals surface area contributed by atoms with Gasteiger partial charge >= 0.3 is 0 Å². The second-order valence-electron chi connectivity index (χ2n) is 8.05. The van der Waals surface area contributed by atoms with Crippen LogP contribution in [0.5, 0.6) is 0 Å². The topological polar surface area (TPSA) is 45.2 Å². The number of rotatable bonds is 8. The third-order valence-electron chi connectivity index (χ3n) is 5.81. The molecule has 1 fully saturated rings. The maximum atomic E-state index is 12.8. The molecule has 5 heteroatoms. The number of hydrogen-bond donors (Lipinski definition) is 1. The van der Waals surface area contributed by atoms with Crippen molar-refractivity contribution in [2.45, 2.75) is 38.3 Å². The third-order valence-corrected chi connectivity index (χ3v) is 6.54. The standard InChI is InChI=1S/C25H29N3OS/c29-24(12-11-20-7-2-1-3-8-20)27-25(23-10-4-5-14-26-23)22-9-6-15-28(18-22)17-21-13-16-30-19-21/h1-5,7-8,10,13-14,16,19,22,25H,6,9,11-12,15,17-18H2,(H,27,29). The van der Waals surface area contributed by atoms with E-state index in [1.165, 1.54) is 11.1 Å². The van der Waals surface area contributed by atoms with E-state index in [0.29, 0.717) is 12.3 Å². The van der Waals surface area contributed by atoms with Crippen LogP contribution in [0.4, 0.5) is 0 Å². The Bertz CT molecular complexity index is 899. The number of benzene rings is 1. The molecule has 0 spiro atoms. The normalized spacial score (nSPS) is 18.1. The van der Waals surface area contributed by atoms with Crippen molar-refractivity contribution in [1.82, 2.24) is 15.2 Å². The fraction of sp³-hybridized carbons (Fsp3) is 0.360. The summed E-state index contributed by atoms with van der Waals surface area (Å²) in [7, 11) is 0. The van der Waals surface area contributed by atoms with Crippen molar-refractivity contribution in [2.24, 2.45) is 5.92 Å². The Balaban J connectivity index is 1.42. The minimum absolute atomic E-state index is 0.0419. The summed E-state index contributed by atoms with van der Waals surface area (Å²) in [5, 5.41) is 7.69. The van der Waals surface area contributed by atoms with Gasteiger partial charge in [0.05, 0.1) is 11.7 Å². The minimum Gasteiger partial charge on any atom is -0.347 e. The zero-order chi connectivity index (χ0) is 20.6. The fourth-order valence-corrected chi connectivity index (χ4v) is 4.95. The van der Waals surface area contributed by atoms with E-state index in [1.807, 2.05) is 42.6 Å². The molecule has 1 aliphatic rings. The van der Waals surface area contributed by atoms with E-state index < -0.39 is 0 Å². The molecule has 1 aliphatic heterocycles. The first-order chi connectivity index (χ1) is 14.8. The highest BCUT2D eigenvalue weighted by Gasteiger charge is 2.30. The average Bonchev–Trinajstić information content (AvgIpc) is 3.30. The van der Waals surface area contributed by atoms with E-state index in [1.54, 1.807) is 11.3 Å². The molecule has 1 aromatic carbocycles. The molecule has 3 aromatic rings. The lowest BCUT2D eigenvalue weighted by atomic mass is 9.88. The second kappa shape index (κ2) is 10.5. The highest BCUT2D eigenvalue weighted by Crippen LogP contribution is 2.30. The summed E-state index contributed by atoms with van der Waals surface area (Å²) in [4.78, 5) is 19.9. The van der Waals surface area contributed by atoms with Gasteiger partial charge in [0.15, 0.2) is 0 Å². The molecule has 2 unspecified atom stereocenters. The summed E-state index contributed by atoms with van der Waals surface area (Å²) in [6.45, 7) is 3.08. The summed E-state index contributed by atoms with van der Waals surface area (Å²) in [5.74, 6) is 0.470. The van der Waals surface area contributed by atoms with Crippen LogP contribution >= 0.6 is 11.3 Å². The molecule has 0 aliphatic carbocycles. The first-order valence-corrected chi connectivity index (χ1v) is 11.7. The van der Waals surface area contributed by atoms with Gasteiger partial charge in [0.1, 0.15) is 0 Å². The molecule has 0 saturated carbocycles. The number of likely N-dealkylation sites (tertiary alicyclic amines) is 1. The fourth-order valence-electron chi connectivity index (χ4n) is 4.29. The van der Waals surface area contributed by atoms with Gasteiger partial charge in [-0.15, -0.1) is 0 Å². The van der Waals surface area contributed by atoms with Gasteiger partial charge in [-0.1, -0.05) is 36.4 Å². The Morgan fingerprint density at radius 2 is 2.00 bits per heavy atom. The first kappa shape index (κ1) is 20.8. The van der Waals surface area contributed by atoms with Crippen LogP contribution in [0.25, 0.3) is 0 Å². The number of hydrogen-bond acceptors (Lipinski definition) is 4. The van der Waals surface area contributed by atoms with Crippen LogP contribution in [-0.4, -0.2) is 28.9 Å². The van der Waals surface area contributed by atoms with Gasteiger partial charge in [-0.05, 0) is 71.8 Å². The summed E-state index contributed by atoms with van der Waals surface area (Å²) < 4.78 is 0. The zero-order valence-corrected chi connectivity index (χ0v) is 18.1. The Labute approximate surface area is 183 Å². The van der Waals surface area contributed by atoms with Gasteiger partial charge in [0.2, 0.25) is 5.91 Å². The van der Waals surface area contributed by atoms with E-state index in [4.69, 9.17) is 0 Å². The predicted octanol–water partition coefficient (Wildman–Crippen LogP) is 4.85. The van der Waals surface area contributed by atoms with Crippen LogP contribution in [0.1, 0.15) is 42.1 Å². The van der Waals surface area contributed by atoms with Gasteiger partial charge in [-0.25, -0.2) is 0 Å². The molecule has 0 bridgehead atoms. The molecule has 2 aromatic heterocycles. The number of carbonyl (C=O) groups excluding carboxylic acids is 1. The first-order valence-electron chi connectivity index (χ1n) is 10.8. The largest absolute Gasteiger partial charge is 0.347 e. The molecule has 2 atom stereocenters. The lowest BCUT2D eigenvalue weighted by molar-refractivity contribution is -0.122. The van der Waals surface area contributed by atoms with E-state index in [2.05, 4.69) is 44.2 Å². The Morgan fingerprint density at radius 1 is 1.13 bits per heavy atom. The number of amides is 1. The molecule has 30 heavy (non-hydrogen) atoms. The number of piperidine rings is 1. The highest BCUT2D eigenvalue weighted by molar-refractivity contribution is 7.07. The third kappa shape index (κ3) is 5.77. The van der Waals surface area contributed by atoms with E-state index >= 15 is 0 Å². The maximum Gasteiger partial charge on any atom is 0.220 e. The van der Waals surface area contributed by atoms with Crippen molar-refractivity contribution < 1.29 is 4.79 Å². The number of aromatic nitrogens is 1. The molecule has 1 amide bonds. The quantitative estimate of drug-likeness (QED) is 0.568. The van der Waals surface area contributed by atoms with E-state index in [9.17, 15) is 4.79 Å². The summed E-state index contributed by atoms with van der Waals surface area (Å²) >= 11 is 1.75. The minimum atomic E-state index is -0.0419. The van der Waals surface area contributed by atoms with Crippen molar-refractivity contribution in [1.29, 1.82) is 0 Å². The van der Waals surface area contributed by atoms with Crippen molar-refractivity contribution in [3.63, 3.8) is 0 Å². The highest BCUT2D eigenvalue weighted by atomic mass is 32.1. The summed E-state index contributed by atoms with van der Waals surface area (Å²) in [6, 6.07) is 18.3. The number of aryl methyl sites for hydroxylation is 1. The number of carbonyl (C=O) groups is 1. The molecule has 1 N–H and O–H groups in total. The van der Waals surface area contributed by atoms with Crippen molar-refractivity contribution in [2.75, 3.05) is 13.1 Å². The van der Waals surface area contributed by atoms with E-state index in [0.717, 1.165) is 44.6 Å². The van der Waals surface area contributed by atoms with E-state index in [-0.39, 0.29) is 11.9 Å². The van der Waals surface area contributed by atoms with Gasteiger partial charge in [-0.3, -0.25) is 14.7 Å². The lowest BCUT2D eigenvalue weighted by Crippen LogP contribution is -2.43. The van der Waals surface area contributed by atoms with Crippen LogP contribution in [-0.2, 0) is 17.8 Å². The van der Waals surface area contributed by atoms with Crippen LogP contribution in [0.2, 0.25) is 0 Å². The van der Waals surface area contributed by atoms with Crippen LogP contribution in [0, 0.1) is 5.92 Å². The lowest BCUT2D eigenvalue weighted by Gasteiger charge is -2.37. The molecule has 1 saturated heterocycles. The average molecular weight is 420 g/mol. The second-order valence-corrected chi connectivity index (χ2v) is 8.83. The Hall–Kier alpha value is -2.50. The SMILES string of the molecule is O=C(CCc1ccccc1)NC(c1ccccn1)C1CCCN(Cc2ccsc2)C1.